The van der Waals surface area contributed by atoms with Gasteiger partial charge in [0.05, 0.1) is 6.61 Å². The molecular weight excluding hydrogens is 136 g/mol. The summed E-state index contributed by atoms with van der Waals surface area (Å²) in [6, 6.07) is 0. The molecule has 1 atom stereocenters. The lowest BCUT2D eigenvalue weighted by molar-refractivity contribution is 0.318. The molecule has 0 amide bonds. The van der Waals surface area contributed by atoms with Gasteiger partial charge in [0.15, 0.2) is 0 Å². The van der Waals surface area contributed by atoms with E-state index < -0.39 is 0 Å². The van der Waals surface area contributed by atoms with E-state index in [9.17, 15) is 0 Å². The van der Waals surface area contributed by atoms with Crippen LogP contribution < -0.4 is 0 Å². The van der Waals surface area contributed by atoms with Crippen molar-refractivity contribution in [1.29, 1.82) is 0 Å². The summed E-state index contributed by atoms with van der Waals surface area (Å²) in [4.78, 5) is 0. The van der Waals surface area contributed by atoms with Crippen LogP contribution >= 0.6 is 0 Å². The Hall–Kier alpha value is -0.560. The van der Waals surface area contributed by atoms with E-state index in [1.165, 1.54) is 16.7 Å². The SMILES string of the molecule is C=C1CC(C)=C(CO)C[C@H]1C. The van der Waals surface area contributed by atoms with E-state index in [0.717, 1.165) is 12.8 Å². The zero-order chi connectivity index (χ0) is 8.43. The van der Waals surface area contributed by atoms with Crippen LogP contribution in [0.4, 0.5) is 0 Å². The Labute approximate surface area is 68.4 Å². The third kappa shape index (κ3) is 1.72. The second-order valence-electron chi connectivity index (χ2n) is 3.48. The van der Waals surface area contributed by atoms with Crippen molar-refractivity contribution in [2.24, 2.45) is 5.92 Å². The highest BCUT2D eigenvalue weighted by Crippen LogP contribution is 2.31. The third-order valence-corrected chi connectivity index (χ3v) is 2.54. The summed E-state index contributed by atoms with van der Waals surface area (Å²) in [5.74, 6) is 0.556. The topological polar surface area (TPSA) is 20.2 Å². The lowest BCUT2D eigenvalue weighted by Gasteiger charge is -2.24. The van der Waals surface area contributed by atoms with Gasteiger partial charge >= 0.3 is 0 Å². The van der Waals surface area contributed by atoms with Gasteiger partial charge in [-0.05, 0) is 31.3 Å². The highest BCUT2D eigenvalue weighted by molar-refractivity contribution is 5.26. The maximum absolute atomic E-state index is 8.98. The molecule has 0 radical (unpaired) electrons. The monoisotopic (exact) mass is 152 g/mol. The molecule has 0 fully saturated rings. The standard InChI is InChI=1S/C10H16O/c1-7-4-9(3)10(6-11)5-8(7)2/h8,11H,1,4-6H2,2-3H3/t8-/m1/s1. The fourth-order valence-corrected chi connectivity index (χ4v) is 1.53. The molecule has 0 saturated carbocycles. The predicted molar refractivity (Wildman–Crippen MR) is 47.3 cm³/mol. The van der Waals surface area contributed by atoms with Crippen molar-refractivity contribution in [2.75, 3.05) is 6.61 Å². The summed E-state index contributed by atoms with van der Waals surface area (Å²) in [5.41, 5.74) is 3.83. The molecule has 0 aromatic heterocycles. The summed E-state index contributed by atoms with van der Waals surface area (Å²) < 4.78 is 0. The Kier molecular flexibility index (Phi) is 2.50. The van der Waals surface area contributed by atoms with Gasteiger partial charge in [0.25, 0.3) is 0 Å². The van der Waals surface area contributed by atoms with Crippen LogP contribution in [0.3, 0.4) is 0 Å². The molecule has 0 saturated heterocycles. The zero-order valence-corrected chi connectivity index (χ0v) is 7.35. The lowest BCUT2D eigenvalue weighted by atomic mass is 9.82. The number of aliphatic hydroxyl groups is 1. The molecule has 1 aliphatic carbocycles. The minimum atomic E-state index is 0.226. The van der Waals surface area contributed by atoms with Crippen molar-refractivity contribution in [1.82, 2.24) is 0 Å². The van der Waals surface area contributed by atoms with E-state index >= 15 is 0 Å². The van der Waals surface area contributed by atoms with Crippen LogP contribution in [0.1, 0.15) is 26.7 Å². The fraction of sp³-hybridized carbons (Fsp3) is 0.600. The first-order chi connectivity index (χ1) is 5.15. The van der Waals surface area contributed by atoms with Gasteiger partial charge in [0, 0.05) is 0 Å². The molecule has 0 aromatic carbocycles. The molecule has 1 aliphatic rings. The molecular formula is C10H16O. The van der Waals surface area contributed by atoms with E-state index in [2.05, 4.69) is 20.4 Å². The largest absolute Gasteiger partial charge is 0.392 e. The minimum Gasteiger partial charge on any atom is -0.392 e. The zero-order valence-electron chi connectivity index (χ0n) is 7.35. The van der Waals surface area contributed by atoms with Crippen LogP contribution in [0.5, 0.6) is 0 Å². The van der Waals surface area contributed by atoms with E-state index in [0.29, 0.717) is 5.92 Å². The fourth-order valence-electron chi connectivity index (χ4n) is 1.53. The van der Waals surface area contributed by atoms with Crippen LogP contribution in [-0.2, 0) is 0 Å². The number of hydrogen-bond acceptors (Lipinski definition) is 1. The molecule has 1 rings (SSSR count). The molecule has 0 spiro atoms. The molecule has 1 heteroatoms. The average Bonchev–Trinajstić information content (AvgIpc) is 1.97. The molecule has 0 aromatic rings. The summed E-state index contributed by atoms with van der Waals surface area (Å²) in [7, 11) is 0. The van der Waals surface area contributed by atoms with E-state index in [1.807, 2.05) is 0 Å². The molecule has 0 heterocycles. The number of rotatable bonds is 1. The van der Waals surface area contributed by atoms with Crippen LogP contribution in [0, 0.1) is 5.92 Å². The Morgan fingerprint density at radius 1 is 1.64 bits per heavy atom. The van der Waals surface area contributed by atoms with E-state index in [1.54, 1.807) is 0 Å². The van der Waals surface area contributed by atoms with Gasteiger partial charge in [0.1, 0.15) is 0 Å². The normalized spacial score (nSPS) is 26.1. The summed E-state index contributed by atoms with van der Waals surface area (Å²) in [6.45, 7) is 8.48. The van der Waals surface area contributed by atoms with E-state index in [-0.39, 0.29) is 6.61 Å². The quantitative estimate of drug-likeness (QED) is 0.571. The highest BCUT2D eigenvalue weighted by atomic mass is 16.3. The van der Waals surface area contributed by atoms with E-state index in [4.69, 9.17) is 5.11 Å². The lowest BCUT2D eigenvalue weighted by Crippen LogP contribution is -2.11. The number of aliphatic hydroxyl groups excluding tert-OH is 1. The minimum absolute atomic E-state index is 0.226. The second kappa shape index (κ2) is 3.22. The van der Waals surface area contributed by atoms with Crippen LogP contribution in [0.25, 0.3) is 0 Å². The van der Waals surface area contributed by atoms with Crippen molar-refractivity contribution in [2.45, 2.75) is 26.7 Å². The van der Waals surface area contributed by atoms with Crippen LogP contribution in [-0.4, -0.2) is 11.7 Å². The first-order valence-electron chi connectivity index (χ1n) is 4.11. The predicted octanol–water partition coefficient (Wildman–Crippen LogP) is 2.28. The van der Waals surface area contributed by atoms with Gasteiger partial charge in [-0.25, -0.2) is 0 Å². The molecule has 0 unspecified atom stereocenters. The molecule has 1 nitrogen and oxygen atoms in total. The maximum atomic E-state index is 8.98. The number of hydrogen-bond donors (Lipinski definition) is 1. The first-order valence-corrected chi connectivity index (χ1v) is 4.11. The van der Waals surface area contributed by atoms with Crippen molar-refractivity contribution >= 4 is 0 Å². The highest BCUT2D eigenvalue weighted by Gasteiger charge is 2.17. The van der Waals surface area contributed by atoms with Gasteiger partial charge in [-0.15, -0.1) is 0 Å². The molecule has 62 valence electrons. The molecule has 0 aliphatic heterocycles. The first kappa shape index (κ1) is 8.54. The maximum Gasteiger partial charge on any atom is 0.0644 e. The molecule has 0 bridgehead atoms. The molecule has 1 N–H and O–H groups in total. The van der Waals surface area contributed by atoms with Crippen molar-refractivity contribution < 1.29 is 5.11 Å². The number of allylic oxidation sites excluding steroid dienone is 2. The van der Waals surface area contributed by atoms with Gasteiger partial charge < -0.3 is 5.11 Å². The Balaban J connectivity index is 2.79. The van der Waals surface area contributed by atoms with Crippen LogP contribution in [0.2, 0.25) is 0 Å². The summed E-state index contributed by atoms with van der Waals surface area (Å²) in [5, 5.41) is 8.98. The van der Waals surface area contributed by atoms with Gasteiger partial charge in [0.2, 0.25) is 0 Å². The van der Waals surface area contributed by atoms with Gasteiger partial charge in [-0.1, -0.05) is 24.6 Å². The second-order valence-corrected chi connectivity index (χ2v) is 3.48. The van der Waals surface area contributed by atoms with Crippen molar-refractivity contribution in [3.8, 4) is 0 Å². The van der Waals surface area contributed by atoms with Crippen LogP contribution in [0.15, 0.2) is 23.3 Å². The summed E-state index contributed by atoms with van der Waals surface area (Å²) in [6.07, 6.45) is 1.98. The molecule has 11 heavy (non-hydrogen) atoms. The van der Waals surface area contributed by atoms with Crippen molar-refractivity contribution in [3.63, 3.8) is 0 Å². The summed E-state index contributed by atoms with van der Waals surface area (Å²) >= 11 is 0. The van der Waals surface area contributed by atoms with Crippen molar-refractivity contribution in [3.05, 3.63) is 23.3 Å². The Morgan fingerprint density at radius 2 is 2.27 bits per heavy atom. The van der Waals surface area contributed by atoms with Gasteiger partial charge in [-0.2, -0.15) is 0 Å². The average molecular weight is 152 g/mol. The van der Waals surface area contributed by atoms with Gasteiger partial charge in [-0.3, -0.25) is 0 Å². The Bertz CT molecular complexity index is 201. The Morgan fingerprint density at radius 3 is 2.82 bits per heavy atom. The third-order valence-electron chi connectivity index (χ3n) is 2.54. The smallest absolute Gasteiger partial charge is 0.0644 e.